The molecule has 12 heteroatoms. The van der Waals surface area contributed by atoms with Gasteiger partial charge in [-0.25, -0.2) is 19.8 Å². The summed E-state index contributed by atoms with van der Waals surface area (Å²) in [6.07, 6.45) is 10.1. The third kappa shape index (κ3) is 5.35. The first-order valence-corrected chi connectivity index (χ1v) is 15.1. The zero-order valence-corrected chi connectivity index (χ0v) is 25.2. The Labute approximate surface area is 244 Å². The van der Waals surface area contributed by atoms with Crippen LogP contribution in [0.15, 0.2) is 17.5 Å². The summed E-state index contributed by atoms with van der Waals surface area (Å²) in [4.78, 5) is 39.0. The predicted octanol–water partition coefficient (Wildman–Crippen LogP) is 4.69. The van der Waals surface area contributed by atoms with Gasteiger partial charge in [0.05, 0.1) is 36.5 Å². The van der Waals surface area contributed by atoms with Crippen LogP contribution in [-0.4, -0.2) is 86.6 Å². The number of piperazine rings is 1. The minimum atomic E-state index is -0.517. The summed E-state index contributed by atoms with van der Waals surface area (Å²) >= 11 is 1.64. The second-order valence-corrected chi connectivity index (χ2v) is 13.6. The van der Waals surface area contributed by atoms with E-state index in [1.54, 1.807) is 23.9 Å². The predicted molar refractivity (Wildman–Crippen MR) is 159 cm³/mol. The molecule has 0 N–H and O–H groups in total. The van der Waals surface area contributed by atoms with Crippen LogP contribution in [0, 0.1) is 11.3 Å². The van der Waals surface area contributed by atoms with Gasteiger partial charge < -0.3 is 19.1 Å². The van der Waals surface area contributed by atoms with Crippen molar-refractivity contribution in [2.24, 2.45) is 4.99 Å². The van der Waals surface area contributed by atoms with Crippen LogP contribution < -0.4 is 4.90 Å². The summed E-state index contributed by atoms with van der Waals surface area (Å²) in [6, 6.07) is 2.62. The lowest BCUT2D eigenvalue weighted by Gasteiger charge is -2.41. The molecule has 216 valence electrons. The molecule has 0 saturated carbocycles. The van der Waals surface area contributed by atoms with Gasteiger partial charge in [-0.3, -0.25) is 4.90 Å². The van der Waals surface area contributed by atoms with Crippen molar-refractivity contribution in [3.05, 3.63) is 28.5 Å². The zero-order chi connectivity index (χ0) is 28.9. The maximum atomic E-state index is 12.9. The Morgan fingerprint density at radius 2 is 2.00 bits per heavy atom. The van der Waals surface area contributed by atoms with Crippen molar-refractivity contribution in [1.29, 1.82) is 5.26 Å². The summed E-state index contributed by atoms with van der Waals surface area (Å²) < 4.78 is 7.80. The quantitative estimate of drug-likeness (QED) is 0.318. The van der Waals surface area contributed by atoms with Gasteiger partial charge in [-0.1, -0.05) is 0 Å². The summed E-state index contributed by atoms with van der Waals surface area (Å²) in [5.74, 6) is 0.856. The Kier molecular flexibility index (Phi) is 7.09. The van der Waals surface area contributed by atoms with Gasteiger partial charge in [0.15, 0.2) is 5.65 Å². The molecule has 3 unspecified atom stereocenters. The molecule has 2 aliphatic heterocycles. The molecule has 0 spiro atoms. The number of nitriles is 1. The van der Waals surface area contributed by atoms with Crippen LogP contribution in [0.2, 0.25) is 0 Å². The number of imidazole rings is 1. The van der Waals surface area contributed by atoms with E-state index in [0.29, 0.717) is 31.1 Å². The van der Waals surface area contributed by atoms with E-state index in [1.165, 1.54) is 4.88 Å². The fraction of sp³-hybridized carbons (Fsp3) is 0.586. The van der Waals surface area contributed by atoms with E-state index in [-0.39, 0.29) is 24.1 Å². The summed E-state index contributed by atoms with van der Waals surface area (Å²) in [5, 5.41) is 10.9. The molecule has 41 heavy (non-hydrogen) atoms. The zero-order valence-electron chi connectivity index (χ0n) is 24.4. The smallest absolute Gasteiger partial charge is 0.410 e. The molecule has 1 aliphatic carbocycles. The lowest BCUT2D eigenvalue weighted by Crippen LogP contribution is -2.57. The summed E-state index contributed by atoms with van der Waals surface area (Å²) in [5.41, 5.74) is 2.87. The van der Waals surface area contributed by atoms with Crippen molar-refractivity contribution >= 4 is 45.9 Å². The molecule has 2 fully saturated rings. The number of anilines is 1. The van der Waals surface area contributed by atoms with Crippen LogP contribution in [0.1, 0.15) is 68.4 Å². The second kappa shape index (κ2) is 10.6. The number of fused-ring (bicyclic) bond motifs is 4. The number of ether oxygens (including phenoxy) is 1. The standard InChI is InChI=1S/C29H37N9O2S/c1-29(2,3)40-28(39)38-19-9-10-20(38)15-36(14-19)27-31-12-22-25(34-27)37(17-32-22)13-18-7-6-8-23-24(18)21(11-30)26(41-23)33-16-35(4)5/h12,16-20H,6-10,13-15H2,1-5H3/b33-16+. The first kappa shape index (κ1) is 27.4. The molecule has 11 nitrogen and oxygen atoms in total. The lowest BCUT2D eigenvalue weighted by molar-refractivity contribution is 0.0122. The van der Waals surface area contributed by atoms with E-state index < -0.39 is 5.60 Å². The molecule has 6 rings (SSSR count). The number of hydrogen-bond acceptors (Lipinski definition) is 9. The van der Waals surface area contributed by atoms with Crippen molar-refractivity contribution in [3.63, 3.8) is 0 Å². The second-order valence-electron chi connectivity index (χ2n) is 12.5. The largest absolute Gasteiger partial charge is 0.444 e. The monoisotopic (exact) mass is 575 g/mol. The van der Waals surface area contributed by atoms with E-state index in [9.17, 15) is 10.1 Å². The molecule has 3 aliphatic rings. The highest BCUT2D eigenvalue weighted by Gasteiger charge is 2.45. The topological polar surface area (TPSA) is 116 Å². The minimum absolute atomic E-state index is 0.0841. The van der Waals surface area contributed by atoms with Crippen molar-refractivity contribution in [2.75, 3.05) is 32.1 Å². The lowest BCUT2D eigenvalue weighted by atomic mass is 9.85. The van der Waals surface area contributed by atoms with Crippen molar-refractivity contribution in [2.45, 2.75) is 83.0 Å². The van der Waals surface area contributed by atoms with Crippen LogP contribution in [-0.2, 0) is 17.7 Å². The molecule has 0 radical (unpaired) electrons. The number of aliphatic imine (C=N–C) groups is 1. The maximum Gasteiger partial charge on any atom is 0.410 e. The fourth-order valence-electron chi connectivity index (χ4n) is 6.35. The Balaban J connectivity index is 1.24. The third-order valence-electron chi connectivity index (χ3n) is 8.02. The van der Waals surface area contributed by atoms with E-state index in [2.05, 4.69) is 30.5 Å². The first-order valence-electron chi connectivity index (χ1n) is 14.3. The molecule has 3 aromatic rings. The van der Waals surface area contributed by atoms with Gasteiger partial charge in [-0.2, -0.15) is 10.2 Å². The SMILES string of the molecule is CN(C)/C=N/c1sc2c(c1C#N)C(Cn1cnc3cnc(N4CC5CCC(C4)N5C(=O)OC(C)(C)C)nc31)CCC2. The van der Waals surface area contributed by atoms with E-state index in [1.807, 2.05) is 51.0 Å². The number of carbonyl (C=O) groups excluding carboxylic acids is 1. The normalized spacial score (nSPS) is 22.3. The van der Waals surface area contributed by atoms with Crippen molar-refractivity contribution in [1.82, 2.24) is 29.3 Å². The fourth-order valence-corrected chi connectivity index (χ4v) is 7.56. The van der Waals surface area contributed by atoms with Gasteiger partial charge >= 0.3 is 6.09 Å². The number of aryl methyl sites for hydroxylation is 1. The van der Waals surface area contributed by atoms with Crippen molar-refractivity contribution in [3.8, 4) is 6.07 Å². The van der Waals surface area contributed by atoms with E-state index in [0.717, 1.165) is 53.8 Å². The first-order chi connectivity index (χ1) is 19.6. The molecule has 2 bridgehead atoms. The average Bonchev–Trinajstić information content (AvgIpc) is 3.57. The van der Waals surface area contributed by atoms with Gasteiger partial charge in [-0.15, -0.1) is 11.3 Å². The summed E-state index contributed by atoms with van der Waals surface area (Å²) in [6.45, 7) is 7.76. The molecule has 3 aromatic heterocycles. The number of hydrogen-bond donors (Lipinski definition) is 0. The summed E-state index contributed by atoms with van der Waals surface area (Å²) in [7, 11) is 3.86. The van der Waals surface area contributed by atoms with Gasteiger partial charge in [0.2, 0.25) is 5.95 Å². The Morgan fingerprint density at radius 3 is 2.68 bits per heavy atom. The Morgan fingerprint density at radius 1 is 1.24 bits per heavy atom. The van der Waals surface area contributed by atoms with Crippen LogP contribution in [0.25, 0.3) is 11.2 Å². The third-order valence-corrected chi connectivity index (χ3v) is 9.19. The molecule has 3 atom stereocenters. The Hall–Kier alpha value is -3.72. The molecule has 5 heterocycles. The molecule has 0 aromatic carbocycles. The van der Waals surface area contributed by atoms with E-state index in [4.69, 9.17) is 9.72 Å². The molecule has 1 amide bonds. The highest BCUT2D eigenvalue weighted by molar-refractivity contribution is 7.16. The number of carbonyl (C=O) groups is 1. The number of thiophene rings is 1. The van der Waals surface area contributed by atoms with Crippen LogP contribution in [0.4, 0.5) is 15.7 Å². The minimum Gasteiger partial charge on any atom is -0.444 e. The number of nitrogens with zero attached hydrogens (tertiary/aromatic N) is 9. The number of rotatable bonds is 5. The van der Waals surface area contributed by atoms with Gasteiger partial charge in [0.1, 0.15) is 22.2 Å². The van der Waals surface area contributed by atoms with Crippen LogP contribution in [0.5, 0.6) is 0 Å². The Bertz CT molecular complexity index is 1520. The molecular formula is C29H37N9O2S. The number of aromatic nitrogens is 4. The van der Waals surface area contributed by atoms with Gasteiger partial charge in [-0.05, 0) is 58.4 Å². The number of amides is 1. The highest BCUT2D eigenvalue weighted by atomic mass is 32.1. The average molecular weight is 576 g/mol. The molecule has 2 saturated heterocycles. The molecular weight excluding hydrogens is 538 g/mol. The van der Waals surface area contributed by atoms with Crippen LogP contribution in [0.3, 0.4) is 0 Å². The van der Waals surface area contributed by atoms with Crippen molar-refractivity contribution < 1.29 is 9.53 Å². The maximum absolute atomic E-state index is 12.9. The van der Waals surface area contributed by atoms with Gasteiger partial charge in [0.25, 0.3) is 0 Å². The highest BCUT2D eigenvalue weighted by Crippen LogP contribution is 2.45. The van der Waals surface area contributed by atoms with Crippen LogP contribution >= 0.6 is 11.3 Å². The van der Waals surface area contributed by atoms with E-state index >= 15 is 0 Å². The van der Waals surface area contributed by atoms with Gasteiger partial charge in [0, 0.05) is 44.5 Å².